The van der Waals surface area contributed by atoms with Crippen LogP contribution in [-0.4, -0.2) is 46.7 Å². The summed E-state index contributed by atoms with van der Waals surface area (Å²) in [7, 11) is 0. The minimum absolute atomic E-state index is 0.0578. The third-order valence-corrected chi connectivity index (χ3v) is 6.19. The summed E-state index contributed by atoms with van der Waals surface area (Å²) in [6.07, 6.45) is 3.64. The molecule has 1 aliphatic carbocycles. The van der Waals surface area contributed by atoms with E-state index in [4.69, 9.17) is 0 Å². The monoisotopic (exact) mass is 434 g/mol. The van der Waals surface area contributed by atoms with E-state index in [0.29, 0.717) is 30.9 Å². The molecule has 1 saturated carbocycles. The number of likely N-dealkylation sites (tertiary alicyclic amines) is 1. The van der Waals surface area contributed by atoms with Crippen molar-refractivity contribution in [1.82, 2.24) is 20.5 Å². The van der Waals surface area contributed by atoms with Crippen molar-refractivity contribution in [2.45, 2.75) is 52.1 Å². The molecule has 2 aromatic rings. The predicted molar refractivity (Wildman–Crippen MR) is 122 cm³/mol. The number of carbonyl (C=O) groups is 3. The Morgan fingerprint density at radius 3 is 2.28 bits per heavy atom. The Labute approximate surface area is 188 Å². The second kappa shape index (κ2) is 9.51. The molecule has 1 saturated heterocycles. The number of aryl methyl sites for hydroxylation is 1. The van der Waals surface area contributed by atoms with Crippen LogP contribution in [0.4, 0.5) is 0 Å². The summed E-state index contributed by atoms with van der Waals surface area (Å²) in [5.41, 5.74) is 4.04. The number of piperidine rings is 1. The highest BCUT2D eigenvalue weighted by atomic mass is 16.2. The molecule has 1 aromatic carbocycles. The normalized spacial score (nSPS) is 16.5. The Hall–Kier alpha value is -3.22. The van der Waals surface area contributed by atoms with Gasteiger partial charge in [-0.1, -0.05) is 24.3 Å². The maximum atomic E-state index is 12.8. The Morgan fingerprint density at radius 1 is 1.00 bits per heavy atom. The number of hydrogen-bond donors (Lipinski definition) is 2. The van der Waals surface area contributed by atoms with Gasteiger partial charge in [-0.05, 0) is 50.3 Å². The van der Waals surface area contributed by atoms with Crippen LogP contribution in [-0.2, 0) is 16.1 Å². The lowest BCUT2D eigenvalue weighted by molar-refractivity contribution is -0.133. The van der Waals surface area contributed by atoms with Crippen LogP contribution in [0.3, 0.4) is 0 Å². The highest BCUT2D eigenvalue weighted by Gasteiger charge is 2.35. The molecule has 2 N–H and O–H groups in total. The van der Waals surface area contributed by atoms with Crippen molar-refractivity contribution in [3.05, 3.63) is 53.2 Å². The van der Waals surface area contributed by atoms with Crippen LogP contribution in [0, 0.1) is 12.8 Å². The molecule has 32 heavy (non-hydrogen) atoms. The standard InChI is InChI=1S/C25H30N4O3/c1-16-22(24(31)28-21-11-13-29(14-12-21)25(32)20-7-8-20)9-10-23(27-16)19-5-3-18(4-6-19)15-26-17(2)30/h3-6,9-10,20-21H,7-8,11-15H2,1-2H3,(H,26,30)(H,28,31). The Bertz CT molecular complexity index is 1010. The predicted octanol–water partition coefficient (Wildman–Crippen LogP) is 2.82. The summed E-state index contributed by atoms with van der Waals surface area (Å²) in [4.78, 5) is 42.7. The first kappa shape index (κ1) is 22.0. The lowest BCUT2D eigenvalue weighted by Crippen LogP contribution is -2.47. The fraction of sp³-hybridized carbons (Fsp3) is 0.440. The summed E-state index contributed by atoms with van der Waals surface area (Å²) in [6.45, 7) is 5.27. The summed E-state index contributed by atoms with van der Waals surface area (Å²) in [5.74, 6) is 0.368. The Morgan fingerprint density at radius 2 is 1.69 bits per heavy atom. The fourth-order valence-corrected chi connectivity index (χ4v) is 4.08. The third-order valence-electron chi connectivity index (χ3n) is 6.19. The van der Waals surface area contributed by atoms with Crippen molar-refractivity contribution < 1.29 is 14.4 Å². The maximum absolute atomic E-state index is 12.8. The van der Waals surface area contributed by atoms with Gasteiger partial charge in [-0.2, -0.15) is 0 Å². The van der Waals surface area contributed by atoms with E-state index in [1.807, 2.05) is 48.2 Å². The van der Waals surface area contributed by atoms with Crippen LogP contribution in [0.25, 0.3) is 11.3 Å². The van der Waals surface area contributed by atoms with E-state index in [2.05, 4.69) is 15.6 Å². The quantitative estimate of drug-likeness (QED) is 0.731. The molecule has 2 aliphatic rings. The van der Waals surface area contributed by atoms with E-state index in [0.717, 1.165) is 42.5 Å². The molecule has 0 spiro atoms. The molecule has 7 heteroatoms. The molecule has 0 unspecified atom stereocenters. The molecular weight excluding hydrogens is 404 g/mol. The van der Waals surface area contributed by atoms with E-state index in [1.54, 1.807) is 0 Å². The van der Waals surface area contributed by atoms with E-state index in [1.165, 1.54) is 6.92 Å². The van der Waals surface area contributed by atoms with Gasteiger partial charge in [0.2, 0.25) is 11.8 Å². The van der Waals surface area contributed by atoms with Crippen molar-refractivity contribution in [1.29, 1.82) is 0 Å². The second-order valence-electron chi connectivity index (χ2n) is 8.78. The van der Waals surface area contributed by atoms with Gasteiger partial charge >= 0.3 is 0 Å². The van der Waals surface area contributed by atoms with Crippen LogP contribution < -0.4 is 10.6 Å². The topological polar surface area (TPSA) is 91.4 Å². The van der Waals surface area contributed by atoms with E-state index >= 15 is 0 Å². The molecule has 0 bridgehead atoms. The molecule has 7 nitrogen and oxygen atoms in total. The maximum Gasteiger partial charge on any atom is 0.253 e. The minimum atomic E-state index is -0.112. The molecule has 1 aromatic heterocycles. The number of benzene rings is 1. The molecule has 168 valence electrons. The van der Waals surface area contributed by atoms with Gasteiger partial charge in [0.05, 0.1) is 17.0 Å². The summed E-state index contributed by atoms with van der Waals surface area (Å²) < 4.78 is 0. The van der Waals surface area contributed by atoms with Crippen LogP contribution >= 0.6 is 0 Å². The van der Waals surface area contributed by atoms with Crippen molar-refractivity contribution in [2.75, 3.05) is 13.1 Å². The van der Waals surface area contributed by atoms with Crippen molar-refractivity contribution in [2.24, 2.45) is 5.92 Å². The van der Waals surface area contributed by atoms with E-state index in [-0.39, 0.29) is 29.7 Å². The second-order valence-corrected chi connectivity index (χ2v) is 8.78. The summed E-state index contributed by atoms with van der Waals surface area (Å²) in [5, 5.41) is 5.90. The molecular formula is C25H30N4O3. The van der Waals surface area contributed by atoms with Gasteiger partial charge in [-0.15, -0.1) is 0 Å². The van der Waals surface area contributed by atoms with Gasteiger partial charge in [-0.25, -0.2) is 0 Å². The van der Waals surface area contributed by atoms with Crippen molar-refractivity contribution >= 4 is 17.7 Å². The zero-order valence-electron chi connectivity index (χ0n) is 18.7. The molecule has 2 fully saturated rings. The average Bonchev–Trinajstić information content (AvgIpc) is 3.63. The SMILES string of the molecule is CC(=O)NCc1ccc(-c2ccc(C(=O)NC3CCN(C(=O)C4CC4)CC3)c(C)n2)cc1. The lowest BCUT2D eigenvalue weighted by atomic mass is 10.0. The van der Waals surface area contributed by atoms with Crippen molar-refractivity contribution in [3.63, 3.8) is 0 Å². The smallest absolute Gasteiger partial charge is 0.253 e. The van der Waals surface area contributed by atoms with Gasteiger partial charge in [0.1, 0.15) is 0 Å². The number of pyridine rings is 1. The van der Waals surface area contributed by atoms with Crippen LogP contribution in [0.2, 0.25) is 0 Å². The number of amides is 3. The molecule has 4 rings (SSSR count). The Kier molecular flexibility index (Phi) is 6.53. The average molecular weight is 435 g/mol. The summed E-state index contributed by atoms with van der Waals surface area (Å²) >= 11 is 0. The third kappa shape index (κ3) is 5.33. The van der Waals surface area contributed by atoms with Gasteiger partial charge in [0.15, 0.2) is 0 Å². The number of carbonyl (C=O) groups excluding carboxylic acids is 3. The van der Waals surface area contributed by atoms with Crippen molar-refractivity contribution in [3.8, 4) is 11.3 Å². The molecule has 0 radical (unpaired) electrons. The largest absolute Gasteiger partial charge is 0.352 e. The number of aromatic nitrogens is 1. The van der Waals surface area contributed by atoms with Gasteiger partial charge in [0.25, 0.3) is 5.91 Å². The first-order valence-electron chi connectivity index (χ1n) is 11.3. The lowest BCUT2D eigenvalue weighted by Gasteiger charge is -2.32. The number of hydrogen-bond acceptors (Lipinski definition) is 4. The molecule has 3 amide bonds. The van der Waals surface area contributed by atoms with E-state index < -0.39 is 0 Å². The van der Waals surface area contributed by atoms with Crippen LogP contribution in [0.5, 0.6) is 0 Å². The molecule has 0 atom stereocenters. The van der Waals surface area contributed by atoms with Gasteiger partial charge in [-0.3, -0.25) is 19.4 Å². The summed E-state index contributed by atoms with van der Waals surface area (Å²) in [6, 6.07) is 11.6. The first-order valence-corrected chi connectivity index (χ1v) is 11.3. The van der Waals surface area contributed by atoms with Crippen LogP contribution in [0.15, 0.2) is 36.4 Å². The zero-order valence-corrected chi connectivity index (χ0v) is 18.7. The highest BCUT2D eigenvalue weighted by molar-refractivity contribution is 5.95. The highest BCUT2D eigenvalue weighted by Crippen LogP contribution is 2.32. The minimum Gasteiger partial charge on any atom is -0.352 e. The zero-order chi connectivity index (χ0) is 22.7. The Balaban J connectivity index is 1.34. The first-order chi connectivity index (χ1) is 15.4. The fourth-order valence-electron chi connectivity index (χ4n) is 4.08. The number of rotatable bonds is 6. The molecule has 2 heterocycles. The van der Waals surface area contributed by atoms with Crippen LogP contribution in [0.1, 0.15) is 54.2 Å². The van der Waals surface area contributed by atoms with Gasteiger partial charge < -0.3 is 15.5 Å². The number of nitrogens with one attached hydrogen (secondary N) is 2. The van der Waals surface area contributed by atoms with Gasteiger partial charge in [0, 0.05) is 44.1 Å². The number of nitrogens with zero attached hydrogens (tertiary/aromatic N) is 2. The van der Waals surface area contributed by atoms with E-state index in [9.17, 15) is 14.4 Å². The molecule has 1 aliphatic heterocycles.